The maximum absolute atomic E-state index is 8.97. The number of aliphatic hydroxyl groups excluding tert-OH is 1. The predicted octanol–water partition coefficient (Wildman–Crippen LogP) is 1.09. The summed E-state index contributed by atoms with van der Waals surface area (Å²) in [6, 6.07) is 0. The lowest BCUT2D eigenvalue weighted by Crippen LogP contribution is -2.41. The summed E-state index contributed by atoms with van der Waals surface area (Å²) < 4.78 is 0. The quantitative estimate of drug-likeness (QED) is 0.698. The number of hydrogen-bond acceptors (Lipinski definition) is 3. The largest absolute Gasteiger partial charge is 0.396 e. The molecule has 0 saturated carbocycles. The molecule has 1 rings (SSSR count). The van der Waals surface area contributed by atoms with Gasteiger partial charge in [0.25, 0.3) is 0 Å². The third kappa shape index (κ3) is 1.95. The Labute approximate surface area is 78.9 Å². The Hall–Kier alpha value is 0.270. The van der Waals surface area contributed by atoms with E-state index in [1.54, 1.807) is 0 Å². The molecule has 0 aromatic rings. The van der Waals surface area contributed by atoms with Crippen molar-refractivity contribution >= 4 is 11.8 Å². The molecule has 1 aliphatic heterocycles. The van der Waals surface area contributed by atoms with Crippen LogP contribution in [0.5, 0.6) is 0 Å². The highest BCUT2D eigenvalue weighted by molar-refractivity contribution is 7.99. The molecule has 0 bridgehead atoms. The van der Waals surface area contributed by atoms with Gasteiger partial charge in [-0.15, -0.1) is 0 Å². The number of rotatable bonds is 3. The summed E-state index contributed by atoms with van der Waals surface area (Å²) in [4.78, 5) is 0. The van der Waals surface area contributed by atoms with Crippen molar-refractivity contribution in [2.45, 2.75) is 19.8 Å². The summed E-state index contributed by atoms with van der Waals surface area (Å²) in [6.45, 7) is 3.27. The molecule has 0 aromatic heterocycles. The maximum atomic E-state index is 8.97. The van der Waals surface area contributed by atoms with Crippen LogP contribution in [0.3, 0.4) is 0 Å². The van der Waals surface area contributed by atoms with Crippen LogP contribution in [0.2, 0.25) is 0 Å². The summed E-state index contributed by atoms with van der Waals surface area (Å²) in [6.07, 6.45) is 2.06. The molecule has 3 heteroatoms. The first kappa shape index (κ1) is 10.4. The van der Waals surface area contributed by atoms with E-state index in [9.17, 15) is 0 Å². The van der Waals surface area contributed by atoms with Crippen molar-refractivity contribution in [1.29, 1.82) is 0 Å². The predicted molar refractivity (Wildman–Crippen MR) is 54.3 cm³/mol. The third-order valence-corrected chi connectivity index (χ3v) is 4.40. The van der Waals surface area contributed by atoms with E-state index in [4.69, 9.17) is 10.8 Å². The molecule has 1 heterocycles. The molecule has 0 amide bonds. The van der Waals surface area contributed by atoms with Gasteiger partial charge in [0.2, 0.25) is 0 Å². The lowest BCUT2D eigenvalue weighted by atomic mass is 9.72. The standard InChI is InChI=1S/C9H19NOS/c1-8-6-12-5-3-9(8,7-10)2-4-11/h8,11H,2-7,10H2,1H3. The van der Waals surface area contributed by atoms with E-state index < -0.39 is 0 Å². The highest BCUT2D eigenvalue weighted by Gasteiger charge is 2.36. The van der Waals surface area contributed by atoms with Gasteiger partial charge < -0.3 is 10.8 Å². The molecule has 1 aliphatic rings. The zero-order valence-electron chi connectivity index (χ0n) is 7.75. The van der Waals surface area contributed by atoms with E-state index in [0.29, 0.717) is 5.92 Å². The number of nitrogens with two attached hydrogens (primary N) is 1. The van der Waals surface area contributed by atoms with Crippen molar-refractivity contribution < 1.29 is 5.11 Å². The monoisotopic (exact) mass is 189 g/mol. The molecule has 0 radical (unpaired) electrons. The summed E-state index contributed by atoms with van der Waals surface area (Å²) in [7, 11) is 0. The Morgan fingerprint density at radius 2 is 2.42 bits per heavy atom. The average molecular weight is 189 g/mol. The second kappa shape index (κ2) is 4.49. The van der Waals surface area contributed by atoms with Crippen LogP contribution in [0.15, 0.2) is 0 Å². The Morgan fingerprint density at radius 1 is 1.67 bits per heavy atom. The summed E-state index contributed by atoms with van der Waals surface area (Å²) >= 11 is 2.01. The van der Waals surface area contributed by atoms with Crippen LogP contribution in [-0.2, 0) is 0 Å². The van der Waals surface area contributed by atoms with E-state index in [-0.39, 0.29) is 12.0 Å². The molecular formula is C9H19NOS. The van der Waals surface area contributed by atoms with E-state index in [0.717, 1.165) is 13.0 Å². The molecule has 3 N–H and O–H groups in total. The van der Waals surface area contributed by atoms with Gasteiger partial charge in [-0.25, -0.2) is 0 Å². The zero-order valence-corrected chi connectivity index (χ0v) is 8.57. The smallest absolute Gasteiger partial charge is 0.0436 e. The third-order valence-electron chi connectivity index (χ3n) is 3.17. The zero-order chi connectivity index (χ0) is 9.03. The summed E-state index contributed by atoms with van der Waals surface area (Å²) in [5.41, 5.74) is 6.03. The Kier molecular flexibility index (Phi) is 3.87. The normalized spacial score (nSPS) is 36.8. The van der Waals surface area contributed by atoms with Gasteiger partial charge >= 0.3 is 0 Å². The van der Waals surface area contributed by atoms with Crippen LogP contribution in [0.25, 0.3) is 0 Å². The first-order valence-corrected chi connectivity index (χ1v) is 5.79. The fourth-order valence-corrected chi connectivity index (χ4v) is 3.38. The fraction of sp³-hybridized carbons (Fsp3) is 1.00. The minimum atomic E-state index is 0.236. The molecule has 0 spiro atoms. The second-order valence-corrected chi connectivity index (χ2v) is 4.92. The molecule has 72 valence electrons. The highest BCUT2D eigenvalue weighted by Crippen LogP contribution is 2.41. The van der Waals surface area contributed by atoms with Gasteiger partial charge in [0.15, 0.2) is 0 Å². The van der Waals surface area contributed by atoms with Crippen LogP contribution >= 0.6 is 11.8 Å². The second-order valence-electron chi connectivity index (χ2n) is 3.77. The van der Waals surface area contributed by atoms with Gasteiger partial charge in [-0.2, -0.15) is 11.8 Å². The topological polar surface area (TPSA) is 46.2 Å². The van der Waals surface area contributed by atoms with Crippen molar-refractivity contribution in [2.24, 2.45) is 17.1 Å². The van der Waals surface area contributed by atoms with Gasteiger partial charge in [-0.05, 0) is 42.2 Å². The number of aliphatic hydroxyl groups is 1. The lowest BCUT2D eigenvalue weighted by Gasteiger charge is -2.41. The van der Waals surface area contributed by atoms with E-state index in [1.165, 1.54) is 17.9 Å². The molecular weight excluding hydrogens is 170 g/mol. The molecule has 2 nitrogen and oxygen atoms in total. The van der Waals surface area contributed by atoms with E-state index in [1.807, 2.05) is 11.8 Å². The Balaban J connectivity index is 2.60. The van der Waals surface area contributed by atoms with Gasteiger partial charge in [0.05, 0.1) is 0 Å². The summed E-state index contributed by atoms with van der Waals surface area (Å²) in [5.74, 6) is 3.08. The first-order valence-electron chi connectivity index (χ1n) is 4.64. The molecule has 1 fully saturated rings. The van der Waals surface area contributed by atoms with Crippen molar-refractivity contribution in [2.75, 3.05) is 24.7 Å². The van der Waals surface area contributed by atoms with Crippen LogP contribution in [0.4, 0.5) is 0 Å². The molecule has 12 heavy (non-hydrogen) atoms. The van der Waals surface area contributed by atoms with Crippen LogP contribution < -0.4 is 5.73 Å². The maximum Gasteiger partial charge on any atom is 0.0436 e. The molecule has 2 unspecified atom stereocenters. The number of thioether (sulfide) groups is 1. The Bertz CT molecular complexity index is 138. The highest BCUT2D eigenvalue weighted by atomic mass is 32.2. The van der Waals surface area contributed by atoms with Gasteiger partial charge in [-0.3, -0.25) is 0 Å². The molecule has 2 atom stereocenters. The van der Waals surface area contributed by atoms with Gasteiger partial charge in [-0.1, -0.05) is 6.92 Å². The molecule has 1 saturated heterocycles. The van der Waals surface area contributed by atoms with Crippen molar-refractivity contribution in [3.63, 3.8) is 0 Å². The van der Waals surface area contributed by atoms with Crippen LogP contribution in [0, 0.1) is 11.3 Å². The lowest BCUT2D eigenvalue weighted by molar-refractivity contribution is 0.127. The van der Waals surface area contributed by atoms with E-state index >= 15 is 0 Å². The molecule has 0 aromatic carbocycles. The van der Waals surface area contributed by atoms with Crippen LogP contribution in [-0.4, -0.2) is 29.8 Å². The average Bonchev–Trinajstić information content (AvgIpc) is 2.10. The van der Waals surface area contributed by atoms with Gasteiger partial charge in [0, 0.05) is 6.61 Å². The van der Waals surface area contributed by atoms with Crippen molar-refractivity contribution in [1.82, 2.24) is 0 Å². The SMILES string of the molecule is CC1CSCCC1(CN)CCO. The fourth-order valence-electron chi connectivity index (χ4n) is 1.96. The number of hydrogen-bond donors (Lipinski definition) is 2. The minimum absolute atomic E-state index is 0.236. The summed E-state index contributed by atoms with van der Waals surface area (Å²) in [5, 5.41) is 8.97. The first-order chi connectivity index (χ1) is 5.75. The minimum Gasteiger partial charge on any atom is -0.396 e. The van der Waals surface area contributed by atoms with Crippen LogP contribution in [0.1, 0.15) is 19.8 Å². The van der Waals surface area contributed by atoms with E-state index in [2.05, 4.69) is 6.92 Å². The van der Waals surface area contributed by atoms with Crippen molar-refractivity contribution in [3.05, 3.63) is 0 Å². The van der Waals surface area contributed by atoms with Crippen molar-refractivity contribution in [3.8, 4) is 0 Å². The Morgan fingerprint density at radius 3 is 2.92 bits per heavy atom. The molecule has 0 aliphatic carbocycles. The van der Waals surface area contributed by atoms with Gasteiger partial charge in [0.1, 0.15) is 0 Å².